The Kier molecular flexibility index (Phi) is 4.34. The summed E-state index contributed by atoms with van der Waals surface area (Å²) in [5.74, 6) is 0. The second-order valence-corrected chi connectivity index (χ2v) is 5.87. The molecule has 3 aromatic rings. The van der Waals surface area contributed by atoms with Gasteiger partial charge in [0, 0.05) is 17.1 Å². The van der Waals surface area contributed by atoms with E-state index in [2.05, 4.69) is 41.0 Å². The van der Waals surface area contributed by atoms with Gasteiger partial charge in [0.2, 0.25) is 0 Å². The largest absolute Gasteiger partial charge is 0.392 e. The van der Waals surface area contributed by atoms with Crippen LogP contribution in [0.15, 0.2) is 66.0 Å². The molecule has 0 saturated carbocycles. The number of benzene rings is 2. The molecule has 0 bridgehead atoms. The Morgan fingerprint density at radius 3 is 2.38 bits per heavy atom. The van der Waals surface area contributed by atoms with Gasteiger partial charge in [-0.1, -0.05) is 42.5 Å². The summed E-state index contributed by atoms with van der Waals surface area (Å²) in [7, 11) is 0. The topological polar surface area (TPSA) is 32.3 Å². The zero-order valence-corrected chi connectivity index (χ0v) is 12.4. The standard InChI is InChI=1S/C18H17NOS/c20-12-14-6-8-17(9-7-14)19-11-18-10-16(13-21-18)15-4-2-1-3-5-15/h1-10,13,19-20H,11-12H2. The molecule has 106 valence electrons. The molecule has 0 spiro atoms. The molecule has 0 fully saturated rings. The zero-order chi connectivity index (χ0) is 14.5. The molecule has 3 heteroatoms. The molecule has 3 rings (SSSR count). The van der Waals surface area contributed by atoms with Crippen LogP contribution in [0.5, 0.6) is 0 Å². The van der Waals surface area contributed by atoms with Gasteiger partial charge in [0.25, 0.3) is 0 Å². The number of anilines is 1. The van der Waals surface area contributed by atoms with Gasteiger partial charge in [-0.15, -0.1) is 11.3 Å². The van der Waals surface area contributed by atoms with E-state index in [4.69, 9.17) is 5.11 Å². The fourth-order valence-corrected chi connectivity index (χ4v) is 3.01. The second-order valence-electron chi connectivity index (χ2n) is 4.88. The predicted octanol–water partition coefficient (Wildman–Crippen LogP) is 4.52. The van der Waals surface area contributed by atoms with Crippen LogP contribution in [0.3, 0.4) is 0 Å². The summed E-state index contributed by atoms with van der Waals surface area (Å²) < 4.78 is 0. The van der Waals surface area contributed by atoms with E-state index < -0.39 is 0 Å². The maximum absolute atomic E-state index is 9.03. The average Bonchev–Trinajstić information content (AvgIpc) is 3.03. The van der Waals surface area contributed by atoms with Crippen molar-refractivity contribution in [3.05, 3.63) is 76.5 Å². The molecule has 2 nitrogen and oxygen atoms in total. The molecule has 0 aliphatic heterocycles. The van der Waals surface area contributed by atoms with Gasteiger partial charge in [0.15, 0.2) is 0 Å². The van der Waals surface area contributed by atoms with Crippen LogP contribution in [0.1, 0.15) is 10.4 Å². The van der Waals surface area contributed by atoms with Gasteiger partial charge in [0.1, 0.15) is 0 Å². The van der Waals surface area contributed by atoms with E-state index in [1.165, 1.54) is 16.0 Å². The first-order chi connectivity index (χ1) is 10.3. The highest BCUT2D eigenvalue weighted by Gasteiger charge is 2.02. The lowest BCUT2D eigenvalue weighted by molar-refractivity contribution is 0.282. The van der Waals surface area contributed by atoms with Crippen molar-refractivity contribution < 1.29 is 5.11 Å². The number of nitrogens with one attached hydrogen (secondary N) is 1. The molecular weight excluding hydrogens is 278 g/mol. The molecule has 21 heavy (non-hydrogen) atoms. The van der Waals surface area contributed by atoms with Crippen molar-refractivity contribution >= 4 is 17.0 Å². The van der Waals surface area contributed by atoms with Crippen molar-refractivity contribution in [2.45, 2.75) is 13.2 Å². The lowest BCUT2D eigenvalue weighted by atomic mass is 10.1. The van der Waals surface area contributed by atoms with E-state index >= 15 is 0 Å². The molecule has 0 aliphatic carbocycles. The van der Waals surface area contributed by atoms with Crippen LogP contribution in [-0.2, 0) is 13.2 Å². The van der Waals surface area contributed by atoms with Gasteiger partial charge in [-0.25, -0.2) is 0 Å². The van der Waals surface area contributed by atoms with E-state index in [1.54, 1.807) is 11.3 Å². The smallest absolute Gasteiger partial charge is 0.0681 e. The summed E-state index contributed by atoms with van der Waals surface area (Å²) >= 11 is 1.77. The number of hydrogen-bond donors (Lipinski definition) is 2. The monoisotopic (exact) mass is 295 g/mol. The minimum absolute atomic E-state index is 0.0889. The molecule has 0 unspecified atom stereocenters. The van der Waals surface area contributed by atoms with Gasteiger partial charge in [0.05, 0.1) is 6.61 Å². The van der Waals surface area contributed by atoms with E-state index in [1.807, 2.05) is 30.3 Å². The average molecular weight is 295 g/mol. The highest BCUT2D eigenvalue weighted by atomic mass is 32.1. The van der Waals surface area contributed by atoms with Crippen LogP contribution in [-0.4, -0.2) is 5.11 Å². The number of hydrogen-bond acceptors (Lipinski definition) is 3. The Morgan fingerprint density at radius 1 is 0.905 bits per heavy atom. The SMILES string of the molecule is OCc1ccc(NCc2cc(-c3ccccc3)cs2)cc1. The Labute approximate surface area is 128 Å². The van der Waals surface area contributed by atoms with E-state index in [-0.39, 0.29) is 6.61 Å². The van der Waals surface area contributed by atoms with Crippen molar-refractivity contribution in [1.82, 2.24) is 0 Å². The molecular formula is C18H17NOS. The molecule has 1 aromatic heterocycles. The lowest BCUT2D eigenvalue weighted by Crippen LogP contribution is -1.97. The third-order valence-corrected chi connectivity index (χ3v) is 4.30. The third-order valence-electron chi connectivity index (χ3n) is 3.36. The highest BCUT2D eigenvalue weighted by Crippen LogP contribution is 2.26. The molecule has 2 N–H and O–H groups in total. The van der Waals surface area contributed by atoms with Crippen LogP contribution in [0.25, 0.3) is 11.1 Å². The fraction of sp³-hybridized carbons (Fsp3) is 0.111. The molecule has 1 heterocycles. The van der Waals surface area contributed by atoms with Crippen molar-refractivity contribution in [3.63, 3.8) is 0 Å². The van der Waals surface area contributed by atoms with Crippen molar-refractivity contribution in [2.75, 3.05) is 5.32 Å². The van der Waals surface area contributed by atoms with Crippen molar-refractivity contribution in [1.29, 1.82) is 0 Å². The number of thiophene rings is 1. The number of rotatable bonds is 5. The Morgan fingerprint density at radius 2 is 1.67 bits per heavy atom. The third kappa shape index (κ3) is 3.51. The molecule has 0 atom stereocenters. The zero-order valence-electron chi connectivity index (χ0n) is 11.6. The van der Waals surface area contributed by atoms with Crippen LogP contribution in [0.4, 0.5) is 5.69 Å². The first-order valence-electron chi connectivity index (χ1n) is 6.91. The van der Waals surface area contributed by atoms with Crippen molar-refractivity contribution in [3.8, 4) is 11.1 Å². The maximum Gasteiger partial charge on any atom is 0.0681 e. The van der Waals surface area contributed by atoms with E-state index in [0.717, 1.165) is 17.8 Å². The van der Waals surface area contributed by atoms with Crippen LogP contribution < -0.4 is 5.32 Å². The highest BCUT2D eigenvalue weighted by molar-refractivity contribution is 7.10. The molecule has 0 saturated heterocycles. The fourth-order valence-electron chi connectivity index (χ4n) is 2.17. The molecule has 2 aromatic carbocycles. The maximum atomic E-state index is 9.03. The van der Waals surface area contributed by atoms with Gasteiger partial charge in [-0.2, -0.15) is 0 Å². The van der Waals surface area contributed by atoms with E-state index in [9.17, 15) is 0 Å². The first kappa shape index (κ1) is 13.9. The summed E-state index contributed by atoms with van der Waals surface area (Å²) in [5.41, 5.74) is 4.53. The molecule has 0 radical (unpaired) electrons. The minimum atomic E-state index is 0.0889. The predicted molar refractivity (Wildman–Crippen MR) is 89.4 cm³/mol. The van der Waals surface area contributed by atoms with E-state index in [0.29, 0.717) is 0 Å². The van der Waals surface area contributed by atoms with Crippen LogP contribution in [0, 0.1) is 0 Å². The van der Waals surface area contributed by atoms with Gasteiger partial charge in [-0.05, 0) is 40.3 Å². The quantitative estimate of drug-likeness (QED) is 0.725. The van der Waals surface area contributed by atoms with Gasteiger partial charge < -0.3 is 10.4 Å². The van der Waals surface area contributed by atoms with Crippen LogP contribution >= 0.6 is 11.3 Å². The summed E-state index contributed by atoms with van der Waals surface area (Å²) in [6.45, 7) is 0.904. The first-order valence-corrected chi connectivity index (χ1v) is 7.79. The summed E-state index contributed by atoms with van der Waals surface area (Å²) in [6, 6.07) is 20.5. The number of aliphatic hydroxyl groups excluding tert-OH is 1. The van der Waals surface area contributed by atoms with Gasteiger partial charge >= 0.3 is 0 Å². The Bertz CT molecular complexity index is 689. The lowest BCUT2D eigenvalue weighted by Gasteiger charge is -2.05. The second kappa shape index (κ2) is 6.57. The minimum Gasteiger partial charge on any atom is -0.392 e. The summed E-state index contributed by atoms with van der Waals surface area (Å²) in [5, 5.41) is 14.6. The van der Waals surface area contributed by atoms with Crippen molar-refractivity contribution in [2.24, 2.45) is 0 Å². The van der Waals surface area contributed by atoms with Crippen LogP contribution in [0.2, 0.25) is 0 Å². The number of aliphatic hydroxyl groups is 1. The normalized spacial score (nSPS) is 10.5. The Balaban J connectivity index is 1.64. The molecule has 0 amide bonds. The summed E-state index contributed by atoms with van der Waals surface area (Å²) in [4.78, 5) is 1.31. The molecule has 0 aliphatic rings. The Hall–Kier alpha value is -2.10. The summed E-state index contributed by atoms with van der Waals surface area (Å²) in [6.07, 6.45) is 0. The van der Waals surface area contributed by atoms with Gasteiger partial charge in [-0.3, -0.25) is 0 Å².